The molecule has 0 aromatic heterocycles. The number of aliphatic hydroxyl groups excluding tert-OH is 1. The van der Waals surface area contributed by atoms with Crippen LogP contribution in [0.5, 0.6) is 0 Å². The van der Waals surface area contributed by atoms with Crippen molar-refractivity contribution in [3.05, 3.63) is 0 Å². The third-order valence-corrected chi connectivity index (χ3v) is 1.95. The maximum atomic E-state index is 11.8. The Kier molecular flexibility index (Phi) is 5.60. The molecule has 2 N–H and O–H groups in total. The lowest BCUT2D eigenvalue weighted by molar-refractivity contribution is -0.132. The minimum absolute atomic E-state index is 0.0756. The summed E-state index contributed by atoms with van der Waals surface area (Å²) in [6.45, 7) is 3.99. The van der Waals surface area contributed by atoms with Crippen molar-refractivity contribution >= 4 is 5.91 Å². The minimum atomic E-state index is -2.95. The van der Waals surface area contributed by atoms with Crippen LogP contribution >= 0.6 is 0 Å². The van der Waals surface area contributed by atoms with Gasteiger partial charge in [-0.3, -0.25) is 4.79 Å². The number of rotatable bonds is 6. The van der Waals surface area contributed by atoms with Crippen LogP contribution in [0.1, 0.15) is 26.7 Å². The topological polar surface area (TPSA) is 49.3 Å². The Balaban J connectivity index is 3.80. The molecule has 1 amide bonds. The Labute approximate surface area is 82.5 Å². The summed E-state index contributed by atoms with van der Waals surface area (Å²) in [5.74, 6) is -1.23. The molecule has 0 bridgehead atoms. The third kappa shape index (κ3) is 5.85. The average Bonchev–Trinajstić information content (AvgIpc) is 2.11. The standard InChI is InChI=1S/C9H17F2NO2/c1-9(2,4-3-5-13)6-12-8(14)7(10)11/h7,13H,3-6H2,1-2H3,(H,12,14). The SMILES string of the molecule is CC(C)(CCCO)CNC(=O)C(F)F. The van der Waals surface area contributed by atoms with E-state index in [1.54, 1.807) is 0 Å². The molecule has 0 fully saturated rings. The van der Waals surface area contributed by atoms with Gasteiger partial charge >= 0.3 is 6.43 Å². The van der Waals surface area contributed by atoms with Crippen molar-refractivity contribution in [2.24, 2.45) is 5.41 Å². The van der Waals surface area contributed by atoms with Crippen LogP contribution in [-0.2, 0) is 4.79 Å². The van der Waals surface area contributed by atoms with E-state index in [4.69, 9.17) is 5.11 Å². The first-order chi connectivity index (χ1) is 6.39. The second-order valence-corrected chi connectivity index (χ2v) is 4.01. The molecular weight excluding hydrogens is 192 g/mol. The molecule has 0 spiro atoms. The van der Waals surface area contributed by atoms with Crippen LogP contribution in [0.3, 0.4) is 0 Å². The van der Waals surface area contributed by atoms with Gasteiger partial charge in [-0.25, -0.2) is 0 Å². The summed E-state index contributed by atoms with van der Waals surface area (Å²) >= 11 is 0. The summed E-state index contributed by atoms with van der Waals surface area (Å²) in [6, 6.07) is 0. The number of carbonyl (C=O) groups excluding carboxylic acids is 1. The molecule has 14 heavy (non-hydrogen) atoms. The summed E-state index contributed by atoms with van der Waals surface area (Å²) in [6.07, 6.45) is -1.66. The summed E-state index contributed by atoms with van der Waals surface area (Å²) in [5.41, 5.74) is -0.257. The summed E-state index contributed by atoms with van der Waals surface area (Å²) in [7, 11) is 0. The molecule has 0 aromatic rings. The molecule has 5 heteroatoms. The Bertz CT molecular complexity index is 184. The average molecular weight is 209 g/mol. The lowest BCUT2D eigenvalue weighted by Gasteiger charge is -2.24. The van der Waals surface area contributed by atoms with E-state index in [1.807, 2.05) is 13.8 Å². The smallest absolute Gasteiger partial charge is 0.315 e. The van der Waals surface area contributed by atoms with E-state index in [1.165, 1.54) is 0 Å². The van der Waals surface area contributed by atoms with E-state index < -0.39 is 12.3 Å². The van der Waals surface area contributed by atoms with Gasteiger partial charge in [0.2, 0.25) is 0 Å². The molecule has 84 valence electrons. The number of halogens is 2. The second kappa shape index (κ2) is 5.90. The first kappa shape index (κ1) is 13.3. The Hall–Kier alpha value is -0.710. The van der Waals surface area contributed by atoms with Gasteiger partial charge in [0.15, 0.2) is 0 Å². The molecular formula is C9H17F2NO2. The highest BCUT2D eigenvalue weighted by molar-refractivity contribution is 5.79. The zero-order chi connectivity index (χ0) is 11.2. The summed E-state index contributed by atoms with van der Waals surface area (Å²) in [4.78, 5) is 10.6. The van der Waals surface area contributed by atoms with Crippen LogP contribution < -0.4 is 5.32 Å². The molecule has 3 nitrogen and oxygen atoms in total. The van der Waals surface area contributed by atoms with Crippen molar-refractivity contribution in [1.82, 2.24) is 5.32 Å². The maximum Gasteiger partial charge on any atom is 0.315 e. The molecule has 0 saturated heterocycles. The van der Waals surface area contributed by atoms with Crippen LogP contribution in [0.25, 0.3) is 0 Å². The maximum absolute atomic E-state index is 11.8. The molecule has 0 aliphatic heterocycles. The van der Waals surface area contributed by atoms with Crippen molar-refractivity contribution < 1.29 is 18.7 Å². The highest BCUT2D eigenvalue weighted by atomic mass is 19.3. The van der Waals surface area contributed by atoms with Gasteiger partial charge in [-0.05, 0) is 18.3 Å². The van der Waals surface area contributed by atoms with E-state index in [9.17, 15) is 13.6 Å². The number of hydrogen-bond donors (Lipinski definition) is 2. The normalized spacial score (nSPS) is 11.9. The Morgan fingerprint density at radius 3 is 2.50 bits per heavy atom. The first-order valence-electron chi connectivity index (χ1n) is 4.56. The van der Waals surface area contributed by atoms with Crippen molar-refractivity contribution in [2.45, 2.75) is 33.1 Å². The van der Waals surface area contributed by atoms with Gasteiger partial charge in [0.25, 0.3) is 5.91 Å². The molecule has 0 aliphatic rings. The monoisotopic (exact) mass is 209 g/mol. The predicted molar refractivity (Wildman–Crippen MR) is 49.1 cm³/mol. The van der Waals surface area contributed by atoms with Gasteiger partial charge in [-0.15, -0.1) is 0 Å². The number of hydrogen-bond acceptors (Lipinski definition) is 2. The van der Waals surface area contributed by atoms with Gasteiger partial charge in [-0.2, -0.15) is 8.78 Å². The van der Waals surface area contributed by atoms with Gasteiger partial charge in [-0.1, -0.05) is 13.8 Å². The van der Waals surface area contributed by atoms with Crippen molar-refractivity contribution in [1.29, 1.82) is 0 Å². The van der Waals surface area contributed by atoms with E-state index in [0.29, 0.717) is 12.8 Å². The largest absolute Gasteiger partial charge is 0.396 e. The van der Waals surface area contributed by atoms with Crippen LogP contribution in [-0.4, -0.2) is 30.6 Å². The highest BCUT2D eigenvalue weighted by Crippen LogP contribution is 2.20. The molecule has 0 aliphatic carbocycles. The number of amides is 1. The fourth-order valence-corrected chi connectivity index (χ4v) is 1.05. The van der Waals surface area contributed by atoms with Crippen molar-refractivity contribution in [2.75, 3.05) is 13.2 Å². The van der Waals surface area contributed by atoms with Crippen LogP contribution in [0.4, 0.5) is 8.78 Å². The number of carbonyl (C=O) groups is 1. The van der Waals surface area contributed by atoms with Crippen LogP contribution in [0.2, 0.25) is 0 Å². The first-order valence-corrected chi connectivity index (χ1v) is 4.56. The zero-order valence-corrected chi connectivity index (χ0v) is 8.52. The number of aliphatic hydroxyl groups is 1. The summed E-state index contributed by atoms with van der Waals surface area (Å²) < 4.78 is 23.6. The fraction of sp³-hybridized carbons (Fsp3) is 0.889. The van der Waals surface area contributed by atoms with Gasteiger partial charge in [0, 0.05) is 13.2 Å². The molecule has 0 aromatic carbocycles. The van der Waals surface area contributed by atoms with Gasteiger partial charge < -0.3 is 10.4 Å². The highest BCUT2D eigenvalue weighted by Gasteiger charge is 2.21. The summed E-state index contributed by atoms with van der Waals surface area (Å²) in [5, 5.41) is 10.7. The molecule has 0 radical (unpaired) electrons. The predicted octanol–water partition coefficient (Wildman–Crippen LogP) is 1.17. The minimum Gasteiger partial charge on any atom is -0.396 e. The Morgan fingerprint density at radius 2 is 2.07 bits per heavy atom. The molecule has 0 saturated carbocycles. The van der Waals surface area contributed by atoms with E-state index >= 15 is 0 Å². The third-order valence-electron chi connectivity index (χ3n) is 1.95. The van der Waals surface area contributed by atoms with Crippen molar-refractivity contribution in [3.8, 4) is 0 Å². The van der Waals surface area contributed by atoms with E-state index in [0.717, 1.165) is 0 Å². The Morgan fingerprint density at radius 1 is 1.50 bits per heavy atom. The number of nitrogens with one attached hydrogen (secondary N) is 1. The van der Waals surface area contributed by atoms with Crippen molar-refractivity contribution in [3.63, 3.8) is 0 Å². The van der Waals surface area contributed by atoms with Crippen LogP contribution in [0, 0.1) is 5.41 Å². The van der Waals surface area contributed by atoms with E-state index in [2.05, 4.69) is 5.32 Å². The molecule has 0 unspecified atom stereocenters. The van der Waals surface area contributed by atoms with Crippen LogP contribution in [0.15, 0.2) is 0 Å². The number of alkyl halides is 2. The quantitative estimate of drug-likeness (QED) is 0.689. The van der Waals surface area contributed by atoms with Gasteiger partial charge in [0.05, 0.1) is 0 Å². The molecule has 0 atom stereocenters. The second-order valence-electron chi connectivity index (χ2n) is 4.01. The molecule has 0 rings (SSSR count). The lowest BCUT2D eigenvalue weighted by atomic mass is 9.88. The fourth-order valence-electron chi connectivity index (χ4n) is 1.05. The zero-order valence-electron chi connectivity index (χ0n) is 8.52. The van der Waals surface area contributed by atoms with E-state index in [-0.39, 0.29) is 18.6 Å². The van der Waals surface area contributed by atoms with Gasteiger partial charge in [0.1, 0.15) is 0 Å². The molecule has 0 heterocycles. The lowest BCUT2D eigenvalue weighted by Crippen LogP contribution is -2.37.